The van der Waals surface area contributed by atoms with Crippen LogP contribution in [0.3, 0.4) is 0 Å². The van der Waals surface area contributed by atoms with Crippen LogP contribution >= 0.6 is 0 Å². The standard InChI is InChI=1S/C19H18O6/c1-12(20)17-7-6-16(9-15(17)10-18(21)22)25-11-13-4-3-5-14(8-13)19(23)24-2/h3-9H,10-11H2,1-2H3,(H,21,22). The largest absolute Gasteiger partial charge is 0.489 e. The molecule has 0 aliphatic carbocycles. The van der Waals surface area contributed by atoms with E-state index in [2.05, 4.69) is 4.74 Å². The Labute approximate surface area is 145 Å². The molecule has 2 rings (SSSR count). The molecule has 0 fully saturated rings. The van der Waals surface area contributed by atoms with Gasteiger partial charge in [-0.05, 0) is 48.4 Å². The Balaban J connectivity index is 2.16. The van der Waals surface area contributed by atoms with Crippen molar-refractivity contribution in [1.82, 2.24) is 0 Å². The molecule has 1 N–H and O–H groups in total. The molecule has 0 unspecified atom stereocenters. The highest BCUT2D eigenvalue weighted by atomic mass is 16.5. The third-order valence-electron chi connectivity index (χ3n) is 3.55. The average Bonchev–Trinajstić information content (AvgIpc) is 2.59. The molecule has 0 aromatic heterocycles. The van der Waals surface area contributed by atoms with Crippen LogP contribution in [-0.2, 0) is 22.6 Å². The summed E-state index contributed by atoms with van der Waals surface area (Å²) in [4.78, 5) is 34.1. The van der Waals surface area contributed by atoms with Crippen LogP contribution in [0.4, 0.5) is 0 Å². The monoisotopic (exact) mass is 342 g/mol. The summed E-state index contributed by atoms with van der Waals surface area (Å²) in [5.41, 5.74) is 1.95. The number of benzene rings is 2. The van der Waals surface area contributed by atoms with Gasteiger partial charge in [-0.15, -0.1) is 0 Å². The molecular weight excluding hydrogens is 324 g/mol. The number of rotatable bonds is 7. The fourth-order valence-electron chi connectivity index (χ4n) is 2.39. The molecule has 0 spiro atoms. The molecule has 0 amide bonds. The molecule has 0 aliphatic heterocycles. The Kier molecular flexibility index (Phi) is 5.89. The van der Waals surface area contributed by atoms with E-state index in [0.717, 1.165) is 5.56 Å². The first-order valence-corrected chi connectivity index (χ1v) is 7.56. The van der Waals surface area contributed by atoms with E-state index in [1.54, 1.807) is 42.5 Å². The molecule has 2 aromatic rings. The number of methoxy groups -OCH3 is 1. The first-order valence-electron chi connectivity index (χ1n) is 7.56. The first-order chi connectivity index (χ1) is 11.9. The van der Waals surface area contributed by atoms with Gasteiger partial charge in [0.25, 0.3) is 0 Å². The second-order valence-electron chi connectivity index (χ2n) is 5.43. The van der Waals surface area contributed by atoms with Crippen molar-refractivity contribution in [2.24, 2.45) is 0 Å². The van der Waals surface area contributed by atoms with Gasteiger partial charge in [0.1, 0.15) is 12.4 Å². The lowest BCUT2D eigenvalue weighted by atomic mass is 10.0. The summed E-state index contributed by atoms with van der Waals surface area (Å²) in [6.07, 6.45) is -0.260. The number of carbonyl (C=O) groups is 3. The maximum atomic E-state index is 11.6. The van der Waals surface area contributed by atoms with Crippen molar-refractivity contribution >= 4 is 17.7 Å². The molecule has 0 saturated carbocycles. The Morgan fingerprint density at radius 3 is 2.48 bits per heavy atom. The van der Waals surface area contributed by atoms with E-state index >= 15 is 0 Å². The van der Waals surface area contributed by atoms with Crippen molar-refractivity contribution in [3.05, 3.63) is 64.7 Å². The predicted molar refractivity (Wildman–Crippen MR) is 89.9 cm³/mol. The van der Waals surface area contributed by atoms with Crippen LogP contribution < -0.4 is 4.74 Å². The van der Waals surface area contributed by atoms with Crippen molar-refractivity contribution in [2.75, 3.05) is 7.11 Å². The topological polar surface area (TPSA) is 89.9 Å². The van der Waals surface area contributed by atoms with Crippen molar-refractivity contribution < 1.29 is 29.0 Å². The number of ether oxygens (including phenoxy) is 2. The summed E-state index contributed by atoms with van der Waals surface area (Å²) < 4.78 is 10.3. The van der Waals surface area contributed by atoms with Gasteiger partial charge in [0.05, 0.1) is 19.1 Å². The van der Waals surface area contributed by atoms with Crippen molar-refractivity contribution in [2.45, 2.75) is 20.0 Å². The average molecular weight is 342 g/mol. The molecule has 0 heterocycles. The van der Waals surface area contributed by atoms with Crippen LogP contribution in [-0.4, -0.2) is 29.9 Å². The maximum Gasteiger partial charge on any atom is 0.337 e. The number of ketones is 1. The summed E-state index contributed by atoms with van der Waals surface area (Å²) in [6.45, 7) is 1.58. The third-order valence-corrected chi connectivity index (χ3v) is 3.55. The van der Waals surface area contributed by atoms with Crippen LogP contribution in [0, 0.1) is 0 Å². The minimum Gasteiger partial charge on any atom is -0.489 e. The normalized spacial score (nSPS) is 10.2. The number of hydrogen-bond acceptors (Lipinski definition) is 5. The molecule has 6 nitrogen and oxygen atoms in total. The minimum absolute atomic E-state index is 0.191. The quantitative estimate of drug-likeness (QED) is 0.615. The number of carboxylic acids is 1. The van der Waals surface area contributed by atoms with Gasteiger partial charge in [0, 0.05) is 5.56 Å². The molecule has 0 atom stereocenters. The van der Waals surface area contributed by atoms with Crippen LogP contribution in [0.15, 0.2) is 42.5 Å². The highest BCUT2D eigenvalue weighted by Crippen LogP contribution is 2.21. The summed E-state index contributed by atoms with van der Waals surface area (Å²) in [7, 11) is 1.31. The zero-order valence-electron chi connectivity index (χ0n) is 13.9. The van der Waals surface area contributed by atoms with Gasteiger partial charge in [-0.1, -0.05) is 12.1 Å². The molecule has 130 valence electrons. The van der Waals surface area contributed by atoms with Gasteiger partial charge in [-0.25, -0.2) is 4.79 Å². The van der Waals surface area contributed by atoms with Crippen molar-refractivity contribution in [3.8, 4) is 5.75 Å². The summed E-state index contributed by atoms with van der Waals surface area (Å²) in [5.74, 6) is -1.21. The second-order valence-corrected chi connectivity index (χ2v) is 5.43. The van der Waals surface area contributed by atoms with Crippen LogP contribution in [0.1, 0.15) is 38.8 Å². The SMILES string of the molecule is COC(=O)c1cccc(COc2ccc(C(C)=O)c(CC(=O)O)c2)c1. The lowest BCUT2D eigenvalue weighted by Gasteiger charge is -2.11. The first kappa shape index (κ1) is 18.2. The molecule has 25 heavy (non-hydrogen) atoms. The fraction of sp³-hybridized carbons (Fsp3) is 0.211. The van der Waals surface area contributed by atoms with E-state index < -0.39 is 11.9 Å². The van der Waals surface area contributed by atoms with Gasteiger partial charge in [0.2, 0.25) is 0 Å². The van der Waals surface area contributed by atoms with E-state index in [9.17, 15) is 14.4 Å². The number of Topliss-reactive ketones (excluding diaryl/α,β-unsaturated/α-hetero) is 1. The van der Waals surface area contributed by atoms with Crippen LogP contribution in [0.5, 0.6) is 5.75 Å². The number of aliphatic carboxylic acids is 1. The molecule has 0 radical (unpaired) electrons. The van der Waals surface area contributed by atoms with Gasteiger partial charge in [-0.3, -0.25) is 9.59 Å². The minimum atomic E-state index is -1.02. The molecule has 0 aliphatic rings. The number of esters is 1. The van der Waals surface area contributed by atoms with E-state index in [-0.39, 0.29) is 18.8 Å². The molecular formula is C19H18O6. The van der Waals surface area contributed by atoms with Gasteiger partial charge >= 0.3 is 11.9 Å². The molecule has 0 bridgehead atoms. The Bertz CT molecular complexity index is 809. The van der Waals surface area contributed by atoms with Crippen LogP contribution in [0.25, 0.3) is 0 Å². The summed E-state index contributed by atoms with van der Waals surface area (Å²) >= 11 is 0. The van der Waals surface area contributed by atoms with Crippen molar-refractivity contribution in [3.63, 3.8) is 0 Å². The number of hydrogen-bond donors (Lipinski definition) is 1. The van der Waals surface area contributed by atoms with Gasteiger partial charge in [0.15, 0.2) is 5.78 Å². The lowest BCUT2D eigenvalue weighted by molar-refractivity contribution is -0.136. The second kappa shape index (κ2) is 8.10. The Morgan fingerprint density at radius 2 is 1.84 bits per heavy atom. The highest BCUT2D eigenvalue weighted by Gasteiger charge is 2.12. The predicted octanol–water partition coefficient (Wildman–Crippen LogP) is 2.88. The van der Waals surface area contributed by atoms with E-state index in [0.29, 0.717) is 22.4 Å². The van der Waals surface area contributed by atoms with E-state index in [4.69, 9.17) is 9.84 Å². The summed E-state index contributed by atoms with van der Waals surface area (Å²) in [5, 5.41) is 8.98. The van der Waals surface area contributed by atoms with Crippen LogP contribution in [0.2, 0.25) is 0 Å². The van der Waals surface area contributed by atoms with E-state index in [1.807, 2.05) is 0 Å². The number of carboxylic acid groups (broad SMARTS) is 1. The lowest BCUT2D eigenvalue weighted by Crippen LogP contribution is -2.07. The molecule has 2 aromatic carbocycles. The third kappa shape index (κ3) is 4.91. The highest BCUT2D eigenvalue weighted by molar-refractivity contribution is 5.96. The summed E-state index contributed by atoms with van der Waals surface area (Å²) in [6, 6.07) is 11.5. The molecule has 0 saturated heterocycles. The zero-order chi connectivity index (χ0) is 18.4. The maximum absolute atomic E-state index is 11.6. The fourth-order valence-corrected chi connectivity index (χ4v) is 2.39. The Morgan fingerprint density at radius 1 is 1.08 bits per heavy atom. The molecule has 6 heteroatoms. The van der Waals surface area contributed by atoms with Gasteiger partial charge in [-0.2, -0.15) is 0 Å². The number of carbonyl (C=O) groups excluding carboxylic acids is 2. The Hall–Kier alpha value is -3.15. The van der Waals surface area contributed by atoms with E-state index in [1.165, 1.54) is 14.0 Å². The van der Waals surface area contributed by atoms with Gasteiger partial charge < -0.3 is 14.6 Å². The smallest absolute Gasteiger partial charge is 0.337 e. The zero-order valence-corrected chi connectivity index (χ0v) is 13.9. The van der Waals surface area contributed by atoms with Crippen molar-refractivity contribution in [1.29, 1.82) is 0 Å².